The Labute approximate surface area is 198 Å². The van der Waals surface area contributed by atoms with Gasteiger partial charge in [-0.3, -0.25) is 0 Å². The van der Waals surface area contributed by atoms with Crippen LogP contribution in [0.15, 0.2) is 72.9 Å². The zero-order valence-corrected chi connectivity index (χ0v) is 19.2. The van der Waals surface area contributed by atoms with E-state index >= 15 is 0 Å². The first-order chi connectivity index (χ1) is 16.6. The topological polar surface area (TPSA) is 90.4 Å². The lowest BCUT2D eigenvalue weighted by atomic mass is 10.1. The molecule has 0 saturated heterocycles. The lowest BCUT2D eigenvalue weighted by Gasteiger charge is -2.23. The van der Waals surface area contributed by atoms with E-state index in [0.29, 0.717) is 30.8 Å². The summed E-state index contributed by atoms with van der Waals surface area (Å²) in [6.07, 6.45) is 2.64. The van der Waals surface area contributed by atoms with Gasteiger partial charge in [-0.1, -0.05) is 18.2 Å². The van der Waals surface area contributed by atoms with E-state index in [9.17, 15) is 4.79 Å². The lowest BCUT2D eigenvalue weighted by Crippen LogP contribution is -2.36. The Bertz CT molecular complexity index is 1320. The maximum atomic E-state index is 13.2. The molecule has 0 fully saturated rings. The quantitative estimate of drug-likeness (QED) is 0.376. The molecule has 0 saturated carbocycles. The second kappa shape index (κ2) is 10.5. The maximum Gasteiger partial charge on any atom is 0.322 e. The van der Waals surface area contributed by atoms with Gasteiger partial charge in [-0.25, -0.2) is 4.79 Å². The minimum atomic E-state index is -0.233. The summed E-state index contributed by atoms with van der Waals surface area (Å²) in [6.45, 7) is 0.930. The Kier molecular flexibility index (Phi) is 6.99. The molecule has 7 nitrogen and oxygen atoms in total. The molecule has 4 aromatic rings. The summed E-state index contributed by atoms with van der Waals surface area (Å²) in [7, 11) is 3.27. The number of ether oxygens (including phenoxy) is 2. The van der Waals surface area contributed by atoms with Crippen LogP contribution in [0.4, 0.5) is 10.5 Å². The number of urea groups is 1. The van der Waals surface area contributed by atoms with Crippen molar-refractivity contribution in [2.75, 3.05) is 26.1 Å². The van der Waals surface area contributed by atoms with Crippen molar-refractivity contribution in [3.05, 3.63) is 89.6 Å². The highest BCUT2D eigenvalue weighted by molar-refractivity contribution is 5.89. The third kappa shape index (κ3) is 5.30. The highest BCUT2D eigenvalue weighted by Crippen LogP contribution is 2.24. The van der Waals surface area contributed by atoms with Crippen LogP contribution < -0.4 is 14.8 Å². The first kappa shape index (κ1) is 22.7. The molecule has 0 aliphatic heterocycles. The molecule has 0 aliphatic rings. The van der Waals surface area contributed by atoms with Gasteiger partial charge in [-0.05, 0) is 66.1 Å². The molecule has 3 aromatic carbocycles. The molecule has 4 rings (SSSR count). The average molecular weight is 455 g/mol. The van der Waals surface area contributed by atoms with Gasteiger partial charge >= 0.3 is 6.03 Å². The molecule has 0 bridgehead atoms. The third-order valence-electron chi connectivity index (χ3n) is 5.69. The van der Waals surface area contributed by atoms with E-state index in [2.05, 4.69) is 16.4 Å². The number of amides is 2. The monoisotopic (exact) mass is 454 g/mol. The number of benzene rings is 3. The van der Waals surface area contributed by atoms with Gasteiger partial charge in [0.1, 0.15) is 11.5 Å². The minimum absolute atomic E-state index is 0.233. The smallest absolute Gasteiger partial charge is 0.322 e. The van der Waals surface area contributed by atoms with Crippen LogP contribution >= 0.6 is 0 Å². The maximum absolute atomic E-state index is 13.2. The van der Waals surface area contributed by atoms with Crippen molar-refractivity contribution in [1.82, 2.24) is 9.88 Å². The number of H-pyrrole nitrogens is 1. The number of anilines is 1. The van der Waals surface area contributed by atoms with Crippen molar-refractivity contribution < 1.29 is 14.3 Å². The average Bonchev–Trinajstić information content (AvgIpc) is 3.29. The Morgan fingerprint density at radius 2 is 1.79 bits per heavy atom. The number of aromatic nitrogens is 1. The normalized spacial score (nSPS) is 10.5. The summed E-state index contributed by atoms with van der Waals surface area (Å²) in [5.74, 6) is 1.55. The van der Waals surface area contributed by atoms with Gasteiger partial charge in [0.05, 0.1) is 25.9 Å². The fourth-order valence-corrected chi connectivity index (χ4v) is 3.82. The molecule has 7 heteroatoms. The number of carbonyl (C=O) groups excluding carboxylic acids is 1. The zero-order valence-electron chi connectivity index (χ0n) is 19.2. The summed E-state index contributed by atoms with van der Waals surface area (Å²) in [4.78, 5) is 18.3. The standard InChI is InChI=1S/C27H26N4O3/c1-33-23-8-6-19(7-9-23)18-31(27(32)30-22-5-3-4-20(14-22)16-28)13-12-21-17-29-26-11-10-24(34-2)15-25(21)26/h3-11,14-15,17,29H,12-13,18H2,1-2H3,(H,30,32). The number of rotatable bonds is 8. The van der Waals surface area contributed by atoms with Crippen LogP contribution in [0.1, 0.15) is 16.7 Å². The third-order valence-corrected chi connectivity index (χ3v) is 5.69. The van der Waals surface area contributed by atoms with E-state index < -0.39 is 0 Å². The number of aromatic amines is 1. The molecular formula is C27H26N4O3. The fraction of sp³-hybridized carbons (Fsp3) is 0.185. The minimum Gasteiger partial charge on any atom is -0.497 e. The van der Waals surface area contributed by atoms with Crippen molar-refractivity contribution in [1.29, 1.82) is 5.26 Å². The highest BCUT2D eigenvalue weighted by Gasteiger charge is 2.16. The SMILES string of the molecule is COc1ccc(CN(CCc2c[nH]c3ccc(OC)cc23)C(=O)Nc2cccc(C#N)c2)cc1. The highest BCUT2D eigenvalue weighted by atomic mass is 16.5. The van der Waals surface area contributed by atoms with Crippen LogP contribution in [0.2, 0.25) is 0 Å². The molecule has 2 amide bonds. The van der Waals surface area contributed by atoms with Gasteiger partial charge in [0, 0.05) is 35.9 Å². The Hall–Kier alpha value is -4.44. The van der Waals surface area contributed by atoms with Gasteiger partial charge in [-0.2, -0.15) is 5.26 Å². The lowest BCUT2D eigenvalue weighted by molar-refractivity contribution is 0.210. The Balaban J connectivity index is 1.55. The molecule has 172 valence electrons. The van der Waals surface area contributed by atoms with Gasteiger partial charge in [0.2, 0.25) is 0 Å². The molecule has 0 unspecified atom stereocenters. The van der Waals surface area contributed by atoms with Gasteiger partial charge in [-0.15, -0.1) is 0 Å². The van der Waals surface area contributed by atoms with Gasteiger partial charge < -0.3 is 24.7 Å². The van der Waals surface area contributed by atoms with Crippen LogP contribution in [0.5, 0.6) is 11.5 Å². The Morgan fingerprint density at radius 1 is 1.03 bits per heavy atom. The van der Waals surface area contributed by atoms with Crippen molar-refractivity contribution >= 4 is 22.6 Å². The number of nitrogens with one attached hydrogen (secondary N) is 2. The van der Waals surface area contributed by atoms with Crippen LogP contribution in [-0.2, 0) is 13.0 Å². The van der Waals surface area contributed by atoms with Gasteiger partial charge in [0.25, 0.3) is 0 Å². The summed E-state index contributed by atoms with van der Waals surface area (Å²) in [6, 6.07) is 22.3. The molecule has 1 aromatic heterocycles. The van der Waals surface area contributed by atoms with Crippen molar-refractivity contribution in [2.45, 2.75) is 13.0 Å². The number of methoxy groups -OCH3 is 2. The van der Waals surface area contributed by atoms with Crippen LogP contribution in [0.25, 0.3) is 10.9 Å². The van der Waals surface area contributed by atoms with E-state index in [4.69, 9.17) is 14.7 Å². The largest absolute Gasteiger partial charge is 0.497 e. The van der Waals surface area contributed by atoms with E-state index in [0.717, 1.165) is 33.5 Å². The zero-order chi connectivity index (χ0) is 23.9. The second-order valence-electron chi connectivity index (χ2n) is 7.87. The predicted molar refractivity (Wildman–Crippen MR) is 132 cm³/mol. The van der Waals surface area contributed by atoms with Crippen LogP contribution in [-0.4, -0.2) is 36.7 Å². The number of nitriles is 1. The summed E-state index contributed by atoms with van der Waals surface area (Å²) in [5.41, 5.74) is 4.19. The van der Waals surface area contributed by atoms with Gasteiger partial charge in [0.15, 0.2) is 0 Å². The Morgan fingerprint density at radius 3 is 2.53 bits per heavy atom. The second-order valence-corrected chi connectivity index (χ2v) is 7.87. The summed E-state index contributed by atoms with van der Waals surface area (Å²) in [5, 5.41) is 13.2. The number of hydrogen-bond acceptors (Lipinski definition) is 4. The molecule has 1 heterocycles. The number of nitrogens with zero attached hydrogens (tertiary/aromatic N) is 2. The van der Waals surface area contributed by atoms with E-state index in [-0.39, 0.29) is 6.03 Å². The van der Waals surface area contributed by atoms with E-state index in [1.54, 1.807) is 43.4 Å². The molecule has 2 N–H and O–H groups in total. The van der Waals surface area contributed by atoms with E-state index in [1.165, 1.54) is 0 Å². The van der Waals surface area contributed by atoms with Crippen LogP contribution in [0.3, 0.4) is 0 Å². The number of carbonyl (C=O) groups is 1. The predicted octanol–water partition coefficient (Wildman–Crippen LogP) is 5.33. The molecule has 34 heavy (non-hydrogen) atoms. The fourth-order valence-electron chi connectivity index (χ4n) is 3.82. The first-order valence-electron chi connectivity index (χ1n) is 10.9. The molecule has 0 aliphatic carbocycles. The molecule has 0 atom stereocenters. The number of fused-ring (bicyclic) bond motifs is 1. The van der Waals surface area contributed by atoms with Crippen molar-refractivity contribution in [2.24, 2.45) is 0 Å². The molecule has 0 radical (unpaired) electrons. The summed E-state index contributed by atoms with van der Waals surface area (Å²) >= 11 is 0. The first-order valence-corrected chi connectivity index (χ1v) is 10.9. The van der Waals surface area contributed by atoms with Crippen LogP contribution in [0, 0.1) is 11.3 Å². The number of hydrogen-bond donors (Lipinski definition) is 2. The van der Waals surface area contributed by atoms with Crippen molar-refractivity contribution in [3.63, 3.8) is 0 Å². The molecule has 0 spiro atoms. The summed E-state index contributed by atoms with van der Waals surface area (Å²) < 4.78 is 10.6. The van der Waals surface area contributed by atoms with Crippen molar-refractivity contribution in [3.8, 4) is 17.6 Å². The van der Waals surface area contributed by atoms with E-state index in [1.807, 2.05) is 48.7 Å². The molecular weight excluding hydrogens is 428 g/mol.